The lowest BCUT2D eigenvalue weighted by Gasteiger charge is -2.15. The van der Waals surface area contributed by atoms with Crippen molar-refractivity contribution in [3.63, 3.8) is 0 Å². The van der Waals surface area contributed by atoms with Crippen LogP contribution in [0.3, 0.4) is 0 Å². The van der Waals surface area contributed by atoms with Gasteiger partial charge in [-0.1, -0.05) is 58.8 Å². The van der Waals surface area contributed by atoms with Gasteiger partial charge in [-0.3, -0.25) is 9.59 Å². The molecule has 1 N–H and O–H groups in total. The third kappa shape index (κ3) is 12.0. The smallest absolute Gasteiger partial charge is 0.307 e. The maximum Gasteiger partial charge on any atom is 0.307 e. The van der Waals surface area contributed by atoms with Gasteiger partial charge in [0, 0.05) is 6.42 Å². The van der Waals surface area contributed by atoms with Crippen LogP contribution in [0, 0.1) is 0 Å². The molecule has 0 radical (unpaired) electrons. The quantitative estimate of drug-likeness (QED) is 0.404. The zero-order valence-corrected chi connectivity index (χ0v) is 13.0. The molecule has 0 fully saturated rings. The number of carbonyl (C=O) groups is 2. The second-order valence-corrected chi connectivity index (χ2v) is 5.37. The van der Waals surface area contributed by atoms with Crippen LogP contribution in [0.25, 0.3) is 0 Å². The van der Waals surface area contributed by atoms with Crippen LogP contribution in [-0.2, 0) is 14.3 Å². The van der Waals surface area contributed by atoms with Crippen LogP contribution in [0.5, 0.6) is 0 Å². The van der Waals surface area contributed by atoms with E-state index in [2.05, 4.69) is 6.92 Å². The fourth-order valence-corrected chi connectivity index (χ4v) is 2.19. The van der Waals surface area contributed by atoms with Gasteiger partial charge >= 0.3 is 11.9 Å². The maximum absolute atomic E-state index is 11.6. The predicted octanol–water partition coefficient (Wildman–Crippen LogP) is 4.31. The van der Waals surface area contributed by atoms with Crippen LogP contribution >= 0.6 is 0 Å². The first-order valence-corrected chi connectivity index (χ1v) is 8.01. The molecule has 0 aromatic rings. The molecule has 0 heterocycles. The van der Waals surface area contributed by atoms with Gasteiger partial charge in [0.15, 0.2) is 0 Å². The molecule has 0 rings (SSSR count). The highest BCUT2D eigenvalue weighted by Crippen LogP contribution is 2.12. The minimum Gasteiger partial charge on any atom is -0.481 e. The Bertz CT molecular complexity index is 263. The molecule has 0 aliphatic rings. The van der Waals surface area contributed by atoms with Gasteiger partial charge in [0.2, 0.25) is 0 Å². The molecule has 0 aliphatic heterocycles. The largest absolute Gasteiger partial charge is 0.481 e. The second-order valence-electron chi connectivity index (χ2n) is 5.37. The molecule has 4 nitrogen and oxygen atoms in total. The number of ether oxygens (including phenoxy) is 1. The first-order chi connectivity index (χ1) is 9.60. The molecule has 0 spiro atoms. The normalized spacial score (nSPS) is 12.1. The van der Waals surface area contributed by atoms with Gasteiger partial charge in [-0.2, -0.15) is 0 Å². The van der Waals surface area contributed by atoms with Gasteiger partial charge in [0.25, 0.3) is 0 Å². The zero-order valence-electron chi connectivity index (χ0n) is 13.0. The standard InChI is InChI=1S/C16H30O4/c1-3-5-6-7-8-9-10-12-16(19)20-14(11-4-2)13-15(17)18/h14H,3-13H2,1-2H3,(H,17,18). The van der Waals surface area contributed by atoms with Crippen molar-refractivity contribution in [3.05, 3.63) is 0 Å². The first-order valence-electron chi connectivity index (χ1n) is 8.01. The van der Waals surface area contributed by atoms with Crippen LogP contribution in [0.1, 0.15) is 84.5 Å². The van der Waals surface area contributed by atoms with E-state index < -0.39 is 12.1 Å². The average Bonchev–Trinajstić information content (AvgIpc) is 2.37. The van der Waals surface area contributed by atoms with Gasteiger partial charge < -0.3 is 9.84 Å². The second kappa shape index (κ2) is 12.9. The molecule has 1 unspecified atom stereocenters. The highest BCUT2D eigenvalue weighted by Gasteiger charge is 2.16. The highest BCUT2D eigenvalue weighted by atomic mass is 16.5. The van der Waals surface area contributed by atoms with Crippen molar-refractivity contribution in [3.8, 4) is 0 Å². The van der Waals surface area contributed by atoms with Gasteiger partial charge in [-0.25, -0.2) is 0 Å². The van der Waals surface area contributed by atoms with E-state index in [9.17, 15) is 9.59 Å². The number of carboxylic acids is 1. The van der Waals surface area contributed by atoms with Crippen molar-refractivity contribution in [2.24, 2.45) is 0 Å². The Morgan fingerprint density at radius 1 is 0.950 bits per heavy atom. The van der Waals surface area contributed by atoms with Crippen molar-refractivity contribution in [2.45, 2.75) is 90.6 Å². The first kappa shape index (κ1) is 18.9. The highest BCUT2D eigenvalue weighted by molar-refractivity contribution is 5.71. The number of rotatable bonds is 13. The lowest BCUT2D eigenvalue weighted by atomic mass is 10.1. The Kier molecular flexibility index (Phi) is 12.3. The molecule has 0 saturated heterocycles. The lowest BCUT2D eigenvalue weighted by Crippen LogP contribution is -2.21. The summed E-state index contributed by atoms with van der Waals surface area (Å²) in [5, 5.41) is 8.75. The molecule has 0 amide bonds. The van der Waals surface area contributed by atoms with Crippen molar-refractivity contribution in [2.75, 3.05) is 0 Å². The number of esters is 1. The van der Waals surface area contributed by atoms with Gasteiger partial charge in [0.1, 0.15) is 6.10 Å². The number of carbonyl (C=O) groups excluding carboxylic acids is 1. The van der Waals surface area contributed by atoms with Gasteiger partial charge in [0.05, 0.1) is 6.42 Å². The maximum atomic E-state index is 11.6. The molecule has 0 aliphatic carbocycles. The minimum absolute atomic E-state index is 0.0867. The molecule has 20 heavy (non-hydrogen) atoms. The molecule has 0 saturated carbocycles. The van der Waals surface area contributed by atoms with Gasteiger partial charge in [-0.05, 0) is 12.8 Å². The van der Waals surface area contributed by atoms with Crippen LogP contribution in [0.2, 0.25) is 0 Å². The van der Waals surface area contributed by atoms with E-state index in [1.165, 1.54) is 32.1 Å². The number of carboxylic acid groups (broad SMARTS) is 1. The van der Waals surface area contributed by atoms with E-state index in [0.717, 1.165) is 19.3 Å². The summed E-state index contributed by atoms with van der Waals surface area (Å²) in [5.74, 6) is -1.16. The summed E-state index contributed by atoms with van der Waals surface area (Å²) in [6, 6.07) is 0. The number of hydrogen-bond donors (Lipinski definition) is 1. The minimum atomic E-state index is -0.910. The number of unbranched alkanes of at least 4 members (excludes halogenated alkanes) is 6. The SMILES string of the molecule is CCCCCCCCCC(=O)OC(CCC)CC(=O)O. The molecule has 118 valence electrons. The van der Waals surface area contributed by atoms with Crippen LogP contribution in [-0.4, -0.2) is 23.1 Å². The Morgan fingerprint density at radius 2 is 1.55 bits per heavy atom. The summed E-state index contributed by atoms with van der Waals surface area (Å²) < 4.78 is 5.23. The molecule has 0 aromatic heterocycles. The Morgan fingerprint density at radius 3 is 2.10 bits per heavy atom. The van der Waals surface area contributed by atoms with Crippen molar-refractivity contribution < 1.29 is 19.4 Å². The molecule has 1 atom stereocenters. The number of hydrogen-bond acceptors (Lipinski definition) is 3. The summed E-state index contributed by atoms with van der Waals surface area (Å²) in [6.45, 7) is 4.15. The predicted molar refractivity (Wildman–Crippen MR) is 79.7 cm³/mol. The Labute approximate surface area is 122 Å². The monoisotopic (exact) mass is 286 g/mol. The third-order valence-electron chi connectivity index (χ3n) is 3.30. The fourth-order valence-electron chi connectivity index (χ4n) is 2.19. The summed E-state index contributed by atoms with van der Waals surface area (Å²) in [5.41, 5.74) is 0. The van der Waals surface area contributed by atoms with Crippen LogP contribution in [0.15, 0.2) is 0 Å². The van der Waals surface area contributed by atoms with Crippen molar-refractivity contribution in [1.82, 2.24) is 0 Å². The fraction of sp³-hybridized carbons (Fsp3) is 0.875. The molecular weight excluding hydrogens is 256 g/mol. The van der Waals surface area contributed by atoms with E-state index in [0.29, 0.717) is 12.8 Å². The Hall–Kier alpha value is -1.06. The van der Waals surface area contributed by atoms with Crippen LogP contribution in [0.4, 0.5) is 0 Å². The van der Waals surface area contributed by atoms with E-state index >= 15 is 0 Å². The van der Waals surface area contributed by atoms with E-state index in [-0.39, 0.29) is 12.4 Å². The van der Waals surface area contributed by atoms with E-state index in [4.69, 9.17) is 9.84 Å². The van der Waals surface area contributed by atoms with E-state index in [1.54, 1.807) is 0 Å². The topological polar surface area (TPSA) is 63.6 Å². The third-order valence-corrected chi connectivity index (χ3v) is 3.30. The summed E-state index contributed by atoms with van der Waals surface area (Å²) in [4.78, 5) is 22.3. The molecule has 4 heteroatoms. The van der Waals surface area contributed by atoms with Gasteiger partial charge in [-0.15, -0.1) is 0 Å². The summed E-state index contributed by atoms with van der Waals surface area (Å²) >= 11 is 0. The molecular formula is C16H30O4. The van der Waals surface area contributed by atoms with E-state index in [1.807, 2.05) is 6.92 Å². The molecule has 0 bridgehead atoms. The number of aliphatic carboxylic acids is 1. The Balaban J connectivity index is 3.66. The van der Waals surface area contributed by atoms with Crippen LogP contribution < -0.4 is 0 Å². The lowest BCUT2D eigenvalue weighted by molar-refractivity contribution is -0.153. The summed E-state index contributed by atoms with van der Waals surface area (Å²) in [7, 11) is 0. The average molecular weight is 286 g/mol. The zero-order chi connectivity index (χ0) is 15.2. The summed E-state index contributed by atoms with van der Waals surface area (Å²) in [6.07, 6.45) is 9.41. The van der Waals surface area contributed by atoms with Crippen molar-refractivity contribution >= 4 is 11.9 Å². The van der Waals surface area contributed by atoms with Crippen molar-refractivity contribution in [1.29, 1.82) is 0 Å². The molecule has 0 aromatic carbocycles.